The van der Waals surface area contributed by atoms with Gasteiger partial charge in [-0.05, 0) is 43.0 Å². The second-order valence-corrected chi connectivity index (χ2v) is 9.69. The van der Waals surface area contributed by atoms with Crippen LogP contribution in [0.2, 0.25) is 0 Å². The summed E-state index contributed by atoms with van der Waals surface area (Å²) < 4.78 is 2.06. The third kappa shape index (κ3) is 5.47. The van der Waals surface area contributed by atoms with Crippen LogP contribution in [0.3, 0.4) is 0 Å². The van der Waals surface area contributed by atoms with Crippen LogP contribution in [0, 0.1) is 0 Å². The lowest BCUT2D eigenvalue weighted by molar-refractivity contribution is -0.130. The molecule has 2 aromatic heterocycles. The lowest BCUT2D eigenvalue weighted by Gasteiger charge is -2.27. The number of carbonyl (C=O) groups is 1. The molecule has 0 radical (unpaired) electrons. The fourth-order valence-corrected chi connectivity index (χ4v) is 5.02. The minimum atomic E-state index is 0.0938. The average molecular weight is 463 g/mol. The molecule has 0 fully saturated rings. The lowest BCUT2D eigenvalue weighted by Crippen LogP contribution is -2.37. The van der Waals surface area contributed by atoms with E-state index in [1.165, 1.54) is 16.6 Å². The van der Waals surface area contributed by atoms with Crippen LogP contribution >= 0.6 is 23.1 Å². The Morgan fingerprint density at radius 2 is 1.72 bits per heavy atom. The van der Waals surface area contributed by atoms with Crippen molar-refractivity contribution in [3.63, 3.8) is 0 Å². The number of nitrogens with zero attached hydrogens (tertiary/aromatic N) is 4. The maximum Gasteiger partial charge on any atom is 0.233 e. The Balaban J connectivity index is 1.53. The number of thiophene rings is 1. The van der Waals surface area contributed by atoms with Crippen molar-refractivity contribution in [3.8, 4) is 5.69 Å². The Bertz CT molecular complexity index is 1130. The zero-order chi connectivity index (χ0) is 22.3. The van der Waals surface area contributed by atoms with Crippen molar-refractivity contribution in [1.29, 1.82) is 0 Å². The summed E-state index contributed by atoms with van der Waals surface area (Å²) >= 11 is 3.15. The van der Waals surface area contributed by atoms with Gasteiger partial charge in [0.1, 0.15) is 5.82 Å². The van der Waals surface area contributed by atoms with E-state index in [4.69, 9.17) is 0 Å². The molecule has 1 amide bonds. The third-order valence-corrected chi connectivity index (χ3v) is 6.88. The van der Waals surface area contributed by atoms with Crippen LogP contribution in [0.25, 0.3) is 5.69 Å². The first-order valence-electron chi connectivity index (χ1n) is 10.6. The molecule has 0 saturated carbocycles. The van der Waals surface area contributed by atoms with Gasteiger partial charge in [-0.2, -0.15) is 0 Å². The topological polar surface area (TPSA) is 51.0 Å². The first-order chi connectivity index (χ1) is 15.6. The first kappa shape index (κ1) is 22.3. The van der Waals surface area contributed by atoms with E-state index in [1.54, 1.807) is 11.3 Å². The molecule has 2 heterocycles. The zero-order valence-corrected chi connectivity index (χ0v) is 19.9. The molecule has 0 aliphatic heterocycles. The Kier molecular flexibility index (Phi) is 7.39. The highest BCUT2D eigenvalue weighted by molar-refractivity contribution is 7.99. The van der Waals surface area contributed by atoms with Crippen molar-refractivity contribution in [2.45, 2.75) is 38.0 Å². The summed E-state index contributed by atoms with van der Waals surface area (Å²) in [6.45, 7) is 4.71. The van der Waals surface area contributed by atoms with E-state index in [-0.39, 0.29) is 11.9 Å². The quantitative estimate of drug-likeness (QED) is 0.310. The Hall–Kier alpha value is -2.90. The van der Waals surface area contributed by atoms with Gasteiger partial charge in [0.15, 0.2) is 5.16 Å². The molecule has 2 aromatic carbocycles. The zero-order valence-electron chi connectivity index (χ0n) is 18.2. The normalized spacial score (nSPS) is 11.1. The van der Waals surface area contributed by atoms with Gasteiger partial charge >= 0.3 is 0 Å². The van der Waals surface area contributed by atoms with E-state index >= 15 is 0 Å². The van der Waals surface area contributed by atoms with Crippen LogP contribution in [0.1, 0.15) is 30.1 Å². The summed E-state index contributed by atoms with van der Waals surface area (Å²) in [5.41, 5.74) is 2.13. The number of benzene rings is 2. The molecule has 4 rings (SSSR count). The van der Waals surface area contributed by atoms with Gasteiger partial charge in [-0.25, -0.2) is 0 Å². The van der Waals surface area contributed by atoms with Gasteiger partial charge in [-0.3, -0.25) is 9.36 Å². The van der Waals surface area contributed by atoms with Crippen LogP contribution in [-0.4, -0.2) is 37.4 Å². The Morgan fingerprint density at radius 3 is 2.38 bits per heavy atom. The van der Waals surface area contributed by atoms with E-state index in [0.29, 0.717) is 18.7 Å². The monoisotopic (exact) mass is 462 g/mol. The van der Waals surface area contributed by atoms with E-state index in [1.807, 2.05) is 59.5 Å². The summed E-state index contributed by atoms with van der Waals surface area (Å²) in [6.07, 6.45) is 0.709. The van der Waals surface area contributed by atoms with Crippen LogP contribution in [0.4, 0.5) is 0 Å². The molecule has 0 spiro atoms. The van der Waals surface area contributed by atoms with Crippen molar-refractivity contribution in [2.24, 2.45) is 0 Å². The van der Waals surface area contributed by atoms with E-state index in [2.05, 4.69) is 52.2 Å². The molecule has 0 atom stereocenters. The Labute approximate surface area is 197 Å². The number of rotatable bonds is 9. The molecule has 4 aromatic rings. The highest BCUT2D eigenvalue weighted by Crippen LogP contribution is 2.25. The van der Waals surface area contributed by atoms with Crippen molar-refractivity contribution in [2.75, 3.05) is 5.75 Å². The van der Waals surface area contributed by atoms with Crippen molar-refractivity contribution in [3.05, 3.63) is 94.4 Å². The molecule has 0 saturated heterocycles. The summed E-state index contributed by atoms with van der Waals surface area (Å²) in [6, 6.07) is 24.5. The maximum atomic E-state index is 13.1. The highest BCUT2D eigenvalue weighted by Gasteiger charge is 2.21. The van der Waals surface area contributed by atoms with Crippen LogP contribution in [-0.2, 0) is 17.8 Å². The second kappa shape index (κ2) is 10.6. The maximum absolute atomic E-state index is 13.1. The standard InChI is InChI=1S/C25H26N4OS2/c1-19(2)28(17-20-10-5-3-6-11-20)24(30)18-32-25-27-26-23(16-22-14-9-15-31-22)29(25)21-12-7-4-8-13-21/h3-15,19H,16-18H2,1-2H3. The van der Waals surface area contributed by atoms with Gasteiger partial charge in [0.2, 0.25) is 5.91 Å². The number of thioether (sulfide) groups is 1. The van der Waals surface area contributed by atoms with Crippen LogP contribution < -0.4 is 0 Å². The van der Waals surface area contributed by atoms with Gasteiger partial charge in [0, 0.05) is 29.6 Å². The summed E-state index contributed by atoms with van der Waals surface area (Å²) in [5, 5.41) is 11.7. The number of para-hydroxylation sites is 1. The highest BCUT2D eigenvalue weighted by atomic mass is 32.2. The van der Waals surface area contributed by atoms with Crippen LogP contribution in [0.15, 0.2) is 83.3 Å². The number of hydrogen-bond donors (Lipinski definition) is 0. The number of aromatic nitrogens is 3. The predicted molar refractivity (Wildman–Crippen MR) is 131 cm³/mol. The molecule has 0 unspecified atom stereocenters. The molecule has 0 N–H and O–H groups in total. The number of amides is 1. The van der Waals surface area contributed by atoms with Gasteiger partial charge in [0.05, 0.1) is 5.75 Å². The summed E-state index contributed by atoms with van der Waals surface area (Å²) in [4.78, 5) is 16.3. The minimum absolute atomic E-state index is 0.0938. The van der Waals surface area contributed by atoms with Crippen molar-refractivity contribution in [1.82, 2.24) is 19.7 Å². The number of hydrogen-bond acceptors (Lipinski definition) is 5. The lowest BCUT2D eigenvalue weighted by atomic mass is 10.2. The fourth-order valence-electron chi connectivity index (χ4n) is 3.46. The molecule has 0 aliphatic carbocycles. The SMILES string of the molecule is CC(C)N(Cc1ccccc1)C(=O)CSc1nnc(Cc2cccs2)n1-c1ccccc1. The molecule has 0 aliphatic rings. The molecule has 7 heteroatoms. The Morgan fingerprint density at radius 1 is 1.00 bits per heavy atom. The third-order valence-electron chi connectivity index (χ3n) is 5.09. The predicted octanol–water partition coefficient (Wildman–Crippen LogP) is 5.45. The fraction of sp³-hybridized carbons (Fsp3) is 0.240. The summed E-state index contributed by atoms with van der Waals surface area (Å²) in [5.74, 6) is 1.28. The van der Waals surface area contributed by atoms with E-state index < -0.39 is 0 Å². The van der Waals surface area contributed by atoms with Crippen molar-refractivity contribution < 1.29 is 4.79 Å². The average Bonchev–Trinajstić information content (AvgIpc) is 3.47. The van der Waals surface area contributed by atoms with E-state index in [9.17, 15) is 4.79 Å². The first-order valence-corrected chi connectivity index (χ1v) is 12.5. The summed E-state index contributed by atoms with van der Waals surface area (Å²) in [7, 11) is 0. The van der Waals surface area contributed by atoms with Crippen LogP contribution in [0.5, 0.6) is 0 Å². The number of carbonyl (C=O) groups excluding carboxylic acids is 1. The van der Waals surface area contributed by atoms with Gasteiger partial charge in [-0.1, -0.05) is 66.4 Å². The smallest absolute Gasteiger partial charge is 0.233 e. The van der Waals surface area contributed by atoms with Gasteiger partial charge in [-0.15, -0.1) is 21.5 Å². The largest absolute Gasteiger partial charge is 0.335 e. The molecular formula is C25H26N4OS2. The molecule has 164 valence electrons. The van der Waals surface area contributed by atoms with Gasteiger partial charge < -0.3 is 4.90 Å². The second-order valence-electron chi connectivity index (χ2n) is 7.72. The minimum Gasteiger partial charge on any atom is -0.335 e. The molecule has 0 bridgehead atoms. The van der Waals surface area contributed by atoms with Gasteiger partial charge in [0.25, 0.3) is 0 Å². The molecular weight excluding hydrogens is 436 g/mol. The van der Waals surface area contributed by atoms with E-state index in [0.717, 1.165) is 22.2 Å². The molecule has 5 nitrogen and oxygen atoms in total. The van der Waals surface area contributed by atoms with Crippen molar-refractivity contribution >= 4 is 29.0 Å². The molecule has 32 heavy (non-hydrogen) atoms.